The standard InChI is InChI=1S/C36H48Cl2N6O3/c1-7-8-9-10-11-12-13-14-15-16-21-47-34(45)25-17-20-28(37)29(23-25)43(6)35(46)39-26-18-19-27(24(2)22-26)32-40-33-30(38)31(36(3,4)5)41-44(33)42-32/h17-20,22-23,41H,7-16,21H2,1-6H3,(H,39,46). The van der Waals surface area contributed by atoms with Gasteiger partial charge < -0.3 is 10.1 Å². The van der Waals surface area contributed by atoms with Crippen molar-refractivity contribution in [3.05, 3.63) is 63.3 Å². The number of anilines is 2. The SMILES string of the molecule is CCCCCCCCCCCCOC(=O)c1ccc(Cl)c(N(C)C(=O)Nc2ccc(-c3nc4c(Cl)c(C(C)(C)C)[nH]n4n3)c(C)c2)c1. The van der Waals surface area contributed by atoms with E-state index in [1.54, 1.807) is 35.9 Å². The molecule has 0 fully saturated rings. The number of aryl methyl sites for hydroxylation is 1. The second-order valence-corrected chi connectivity index (χ2v) is 14.0. The van der Waals surface area contributed by atoms with Crippen LogP contribution < -0.4 is 10.2 Å². The molecule has 0 saturated heterocycles. The summed E-state index contributed by atoms with van der Waals surface area (Å²) in [5, 5.41) is 11.6. The van der Waals surface area contributed by atoms with E-state index in [4.69, 9.17) is 27.9 Å². The van der Waals surface area contributed by atoms with Crippen molar-refractivity contribution in [2.75, 3.05) is 23.9 Å². The minimum absolute atomic E-state index is 0.177. The van der Waals surface area contributed by atoms with Gasteiger partial charge in [0.25, 0.3) is 0 Å². The van der Waals surface area contributed by atoms with E-state index in [0.717, 1.165) is 36.1 Å². The third-order valence-corrected chi connectivity index (χ3v) is 8.97. The van der Waals surface area contributed by atoms with Crippen LogP contribution in [0.1, 0.15) is 114 Å². The summed E-state index contributed by atoms with van der Waals surface area (Å²) in [5.41, 5.74) is 4.26. The van der Waals surface area contributed by atoms with Crippen LogP contribution in [-0.2, 0) is 10.2 Å². The molecule has 0 spiro atoms. The smallest absolute Gasteiger partial charge is 0.338 e. The van der Waals surface area contributed by atoms with Crippen molar-refractivity contribution in [3.63, 3.8) is 0 Å². The van der Waals surface area contributed by atoms with Crippen LogP contribution in [0.5, 0.6) is 0 Å². The first kappa shape index (κ1) is 36.3. The molecule has 0 atom stereocenters. The molecule has 4 aromatic rings. The number of nitrogens with zero attached hydrogens (tertiary/aromatic N) is 4. The molecule has 0 unspecified atom stereocenters. The van der Waals surface area contributed by atoms with Crippen molar-refractivity contribution in [1.82, 2.24) is 19.8 Å². The lowest BCUT2D eigenvalue weighted by Gasteiger charge is -2.20. The number of aromatic nitrogens is 4. The zero-order valence-corrected chi connectivity index (χ0v) is 30.0. The largest absolute Gasteiger partial charge is 0.462 e. The first-order chi connectivity index (χ1) is 22.4. The lowest BCUT2D eigenvalue weighted by molar-refractivity contribution is 0.0497. The number of esters is 1. The van der Waals surface area contributed by atoms with Gasteiger partial charge in [-0.2, -0.15) is 4.63 Å². The Morgan fingerprint density at radius 1 is 0.957 bits per heavy atom. The molecule has 9 nitrogen and oxygen atoms in total. The van der Waals surface area contributed by atoms with E-state index in [0.29, 0.717) is 45.1 Å². The summed E-state index contributed by atoms with van der Waals surface area (Å²) in [4.78, 5) is 32.0. The van der Waals surface area contributed by atoms with Crippen LogP contribution in [0.15, 0.2) is 36.4 Å². The van der Waals surface area contributed by atoms with Gasteiger partial charge in [-0.1, -0.05) is 109 Å². The first-order valence-electron chi connectivity index (χ1n) is 16.7. The Kier molecular flexibility index (Phi) is 12.7. The molecule has 0 bridgehead atoms. The van der Waals surface area contributed by atoms with Crippen LogP contribution in [0.3, 0.4) is 0 Å². The second-order valence-electron chi connectivity index (χ2n) is 13.2. The number of urea groups is 1. The highest BCUT2D eigenvalue weighted by Crippen LogP contribution is 2.33. The average molecular weight is 684 g/mol. The summed E-state index contributed by atoms with van der Waals surface area (Å²) in [7, 11) is 1.60. The van der Waals surface area contributed by atoms with E-state index in [1.165, 1.54) is 49.8 Å². The van der Waals surface area contributed by atoms with Gasteiger partial charge in [0.15, 0.2) is 11.5 Å². The maximum absolute atomic E-state index is 13.2. The number of unbranched alkanes of at least 4 members (excludes halogenated alkanes) is 9. The lowest BCUT2D eigenvalue weighted by atomic mass is 9.92. The van der Waals surface area contributed by atoms with E-state index in [2.05, 4.69) is 48.2 Å². The number of rotatable bonds is 15. The highest BCUT2D eigenvalue weighted by atomic mass is 35.5. The number of nitrogens with one attached hydrogen (secondary N) is 2. The van der Waals surface area contributed by atoms with Gasteiger partial charge in [0.1, 0.15) is 5.02 Å². The highest BCUT2D eigenvalue weighted by molar-refractivity contribution is 6.34. The summed E-state index contributed by atoms with van der Waals surface area (Å²) >= 11 is 13.1. The zero-order valence-electron chi connectivity index (χ0n) is 28.5. The highest BCUT2D eigenvalue weighted by Gasteiger charge is 2.25. The molecular weight excluding hydrogens is 635 g/mol. The Bertz CT molecular complexity index is 1670. The van der Waals surface area contributed by atoms with Gasteiger partial charge in [0, 0.05) is 23.7 Å². The minimum atomic E-state index is -0.431. The van der Waals surface area contributed by atoms with E-state index in [9.17, 15) is 9.59 Å². The Hall–Kier alpha value is -3.56. The minimum Gasteiger partial charge on any atom is -0.462 e. The molecule has 4 rings (SSSR count). The molecule has 47 heavy (non-hydrogen) atoms. The monoisotopic (exact) mass is 682 g/mol. The molecule has 0 aliphatic rings. The molecule has 2 N–H and O–H groups in total. The molecule has 2 aromatic carbocycles. The summed E-state index contributed by atoms with van der Waals surface area (Å²) in [6.45, 7) is 10.7. The zero-order chi connectivity index (χ0) is 34.1. The Morgan fingerprint density at radius 3 is 2.23 bits per heavy atom. The summed E-state index contributed by atoms with van der Waals surface area (Å²) < 4.78 is 7.10. The van der Waals surface area contributed by atoms with Crippen LogP contribution in [-0.4, -0.2) is 45.5 Å². The predicted octanol–water partition coefficient (Wildman–Crippen LogP) is 10.4. The summed E-state index contributed by atoms with van der Waals surface area (Å²) in [6.07, 6.45) is 12.1. The van der Waals surface area contributed by atoms with Crippen LogP contribution in [0, 0.1) is 6.92 Å². The summed E-state index contributed by atoms with van der Waals surface area (Å²) in [6, 6.07) is 9.88. The van der Waals surface area contributed by atoms with Gasteiger partial charge in [0.05, 0.1) is 28.6 Å². The maximum atomic E-state index is 13.2. The third-order valence-electron chi connectivity index (χ3n) is 8.29. The van der Waals surface area contributed by atoms with Crippen LogP contribution in [0.25, 0.3) is 17.0 Å². The van der Waals surface area contributed by atoms with Crippen LogP contribution in [0.2, 0.25) is 10.0 Å². The molecule has 2 aromatic heterocycles. The third kappa shape index (κ3) is 9.51. The lowest BCUT2D eigenvalue weighted by Crippen LogP contribution is -2.31. The quantitative estimate of drug-likeness (QED) is 0.0959. The van der Waals surface area contributed by atoms with E-state index < -0.39 is 12.0 Å². The molecular formula is C36H48Cl2N6O3. The van der Waals surface area contributed by atoms with Gasteiger partial charge in [-0.3, -0.25) is 10.00 Å². The number of H-pyrrole nitrogens is 1. The van der Waals surface area contributed by atoms with Gasteiger partial charge in [0.2, 0.25) is 0 Å². The van der Waals surface area contributed by atoms with Crippen molar-refractivity contribution < 1.29 is 14.3 Å². The number of carbonyl (C=O) groups excluding carboxylic acids is 2. The van der Waals surface area contributed by atoms with E-state index >= 15 is 0 Å². The van der Waals surface area contributed by atoms with Crippen LogP contribution >= 0.6 is 23.2 Å². The van der Waals surface area contributed by atoms with Crippen molar-refractivity contribution in [3.8, 4) is 11.4 Å². The van der Waals surface area contributed by atoms with Gasteiger partial charge in [-0.25, -0.2) is 14.6 Å². The number of carbonyl (C=O) groups is 2. The molecule has 2 heterocycles. The Labute approximate surface area is 288 Å². The van der Waals surface area contributed by atoms with E-state index in [-0.39, 0.29) is 5.41 Å². The van der Waals surface area contributed by atoms with Crippen molar-refractivity contribution in [1.29, 1.82) is 0 Å². The number of hydrogen-bond acceptors (Lipinski definition) is 5. The van der Waals surface area contributed by atoms with Crippen molar-refractivity contribution in [2.24, 2.45) is 0 Å². The molecule has 0 saturated carbocycles. The number of halogens is 2. The van der Waals surface area contributed by atoms with Gasteiger partial charge >= 0.3 is 12.0 Å². The number of amides is 2. The fourth-order valence-corrected chi connectivity index (χ4v) is 6.15. The fraction of sp³-hybridized carbons (Fsp3) is 0.500. The molecule has 0 aliphatic heterocycles. The summed E-state index contributed by atoms with van der Waals surface area (Å²) in [5.74, 6) is 0.0918. The average Bonchev–Trinajstić information content (AvgIpc) is 3.58. The number of benzene rings is 2. The normalized spacial score (nSPS) is 11.7. The second kappa shape index (κ2) is 16.5. The maximum Gasteiger partial charge on any atom is 0.338 e. The number of hydrogen-bond donors (Lipinski definition) is 2. The van der Waals surface area contributed by atoms with Crippen LogP contribution in [0.4, 0.5) is 16.2 Å². The number of aromatic amines is 1. The Morgan fingerprint density at radius 2 is 1.62 bits per heavy atom. The number of fused-ring (bicyclic) bond motifs is 1. The number of ether oxygens (including phenoxy) is 1. The molecule has 254 valence electrons. The van der Waals surface area contributed by atoms with E-state index in [1.807, 2.05) is 19.1 Å². The topological polar surface area (TPSA) is 105 Å². The first-order valence-corrected chi connectivity index (χ1v) is 17.4. The van der Waals surface area contributed by atoms with Crippen molar-refractivity contribution in [2.45, 2.75) is 104 Å². The molecule has 11 heteroatoms. The predicted molar refractivity (Wildman–Crippen MR) is 192 cm³/mol. The van der Waals surface area contributed by atoms with Gasteiger partial charge in [-0.05, 0) is 55.3 Å². The molecule has 2 amide bonds. The van der Waals surface area contributed by atoms with Crippen molar-refractivity contribution >= 4 is 52.2 Å². The molecule has 0 radical (unpaired) electrons. The van der Waals surface area contributed by atoms with Gasteiger partial charge in [-0.15, -0.1) is 5.10 Å². The fourth-order valence-electron chi connectivity index (χ4n) is 5.45. The Balaban J connectivity index is 1.30. The molecule has 0 aliphatic carbocycles.